The summed E-state index contributed by atoms with van der Waals surface area (Å²) < 4.78 is 0.0450. The van der Waals surface area contributed by atoms with E-state index in [0.29, 0.717) is 22.9 Å². The minimum absolute atomic E-state index is 0. The number of pyridine rings is 1. The van der Waals surface area contributed by atoms with Crippen LogP contribution in [0, 0.1) is 0 Å². The molecule has 180 valence electrons. The number of halogens is 1. The van der Waals surface area contributed by atoms with Gasteiger partial charge in [0.05, 0.1) is 22.2 Å². The standard InChI is InChI=1S/C26H27ClN2O3S2.Na.H/c1-29(2)24(30)12-14-33-26(34-15-13-25(31)32)20-5-3-4-18(16-20)6-10-22-11-8-19-7-9-21(27)17-23(19)28-22;;/h3-11,16-17,26H,12-15H2,1-2H3,(H,31,32);;. The Labute approximate surface area is 242 Å². The van der Waals surface area contributed by atoms with E-state index in [4.69, 9.17) is 16.7 Å². The molecule has 0 fully saturated rings. The number of nitrogens with zero attached hydrogens (tertiary/aromatic N) is 2. The van der Waals surface area contributed by atoms with Gasteiger partial charge < -0.3 is 10.0 Å². The maximum atomic E-state index is 11.9. The molecule has 1 N–H and O–H groups in total. The molecule has 1 amide bonds. The van der Waals surface area contributed by atoms with Gasteiger partial charge >= 0.3 is 35.5 Å². The van der Waals surface area contributed by atoms with E-state index in [1.54, 1.807) is 42.5 Å². The van der Waals surface area contributed by atoms with Crippen molar-refractivity contribution in [2.75, 3.05) is 25.6 Å². The van der Waals surface area contributed by atoms with E-state index in [1.807, 2.05) is 60.7 Å². The van der Waals surface area contributed by atoms with Gasteiger partial charge in [0.25, 0.3) is 0 Å². The van der Waals surface area contributed by atoms with Gasteiger partial charge in [-0.05, 0) is 41.5 Å². The molecule has 1 unspecified atom stereocenters. The van der Waals surface area contributed by atoms with Crippen LogP contribution in [0.25, 0.3) is 23.1 Å². The molecule has 2 aromatic carbocycles. The summed E-state index contributed by atoms with van der Waals surface area (Å²) in [5.74, 6) is 0.464. The number of aromatic nitrogens is 1. The zero-order valence-corrected chi connectivity index (χ0v) is 21.5. The summed E-state index contributed by atoms with van der Waals surface area (Å²) in [6.45, 7) is 0. The number of carboxylic acid groups (broad SMARTS) is 1. The Bertz CT molecular complexity index is 1190. The molecule has 0 bridgehead atoms. The normalized spacial score (nSPS) is 11.9. The summed E-state index contributed by atoms with van der Waals surface area (Å²) in [5.41, 5.74) is 3.81. The molecular formula is C26H28ClN2NaO3S2. The average Bonchev–Trinajstić information content (AvgIpc) is 2.81. The molecule has 1 aromatic heterocycles. The molecule has 0 aliphatic rings. The number of benzene rings is 2. The summed E-state index contributed by atoms with van der Waals surface area (Å²) >= 11 is 9.37. The van der Waals surface area contributed by atoms with Crippen LogP contribution in [0.5, 0.6) is 0 Å². The second kappa shape index (κ2) is 14.9. The third-order valence-electron chi connectivity index (χ3n) is 4.97. The van der Waals surface area contributed by atoms with Gasteiger partial charge in [-0.15, -0.1) is 23.5 Å². The van der Waals surface area contributed by atoms with Gasteiger partial charge in [0.15, 0.2) is 0 Å². The van der Waals surface area contributed by atoms with Crippen molar-refractivity contribution in [3.05, 3.63) is 76.4 Å². The third-order valence-corrected chi connectivity index (χ3v) is 8.06. The van der Waals surface area contributed by atoms with Gasteiger partial charge in [-0.2, -0.15) is 0 Å². The molecule has 9 heteroatoms. The van der Waals surface area contributed by atoms with E-state index in [9.17, 15) is 9.59 Å². The quantitative estimate of drug-likeness (QED) is 0.245. The Kier molecular flexibility index (Phi) is 12.7. The molecule has 0 aliphatic carbocycles. The van der Waals surface area contributed by atoms with Crippen LogP contribution < -0.4 is 0 Å². The van der Waals surface area contributed by atoms with Gasteiger partial charge in [0, 0.05) is 42.4 Å². The molecule has 35 heavy (non-hydrogen) atoms. The minimum atomic E-state index is -0.806. The number of carbonyl (C=O) groups is 2. The fourth-order valence-electron chi connectivity index (χ4n) is 3.16. The number of carbonyl (C=O) groups excluding carboxylic acids is 1. The molecule has 0 saturated heterocycles. The molecule has 0 radical (unpaired) electrons. The van der Waals surface area contributed by atoms with Crippen molar-refractivity contribution in [1.82, 2.24) is 9.88 Å². The van der Waals surface area contributed by atoms with Gasteiger partial charge in [0.2, 0.25) is 5.91 Å². The summed E-state index contributed by atoms with van der Waals surface area (Å²) in [4.78, 5) is 29.2. The number of amides is 1. The number of rotatable bonds is 11. The molecule has 5 nitrogen and oxygen atoms in total. The first-order valence-corrected chi connectivity index (χ1v) is 13.3. The average molecular weight is 539 g/mol. The van der Waals surface area contributed by atoms with Gasteiger partial charge in [0.1, 0.15) is 0 Å². The van der Waals surface area contributed by atoms with E-state index in [2.05, 4.69) is 11.1 Å². The number of fused-ring (bicyclic) bond motifs is 1. The SMILES string of the molecule is CN(C)C(=O)CCSC(SCCC(=O)O)c1cccc(C=Cc2ccc3ccc(Cl)cc3n2)c1.[NaH]. The van der Waals surface area contributed by atoms with Crippen LogP contribution in [0.1, 0.15) is 34.2 Å². The molecule has 3 rings (SSSR count). The van der Waals surface area contributed by atoms with Crippen LogP contribution >= 0.6 is 35.1 Å². The van der Waals surface area contributed by atoms with E-state index >= 15 is 0 Å². The molecule has 1 heterocycles. The number of hydrogen-bond acceptors (Lipinski definition) is 5. The molecular weight excluding hydrogens is 511 g/mol. The van der Waals surface area contributed by atoms with Crippen molar-refractivity contribution in [1.29, 1.82) is 0 Å². The molecule has 3 aromatic rings. The Balaban J connectivity index is 0.00000432. The van der Waals surface area contributed by atoms with Crippen LogP contribution in [0.4, 0.5) is 0 Å². The van der Waals surface area contributed by atoms with Crippen molar-refractivity contribution in [2.45, 2.75) is 17.4 Å². The van der Waals surface area contributed by atoms with Crippen molar-refractivity contribution in [3.8, 4) is 0 Å². The van der Waals surface area contributed by atoms with Crippen molar-refractivity contribution < 1.29 is 14.7 Å². The maximum absolute atomic E-state index is 11.9. The van der Waals surface area contributed by atoms with E-state index in [1.165, 1.54) is 0 Å². The van der Waals surface area contributed by atoms with Crippen molar-refractivity contribution >= 4 is 99.6 Å². The van der Waals surface area contributed by atoms with E-state index in [-0.39, 0.29) is 46.5 Å². The zero-order chi connectivity index (χ0) is 24.5. The van der Waals surface area contributed by atoms with Crippen LogP contribution in [0.3, 0.4) is 0 Å². The van der Waals surface area contributed by atoms with Gasteiger partial charge in [-0.25, -0.2) is 4.98 Å². The van der Waals surface area contributed by atoms with Gasteiger partial charge in [-0.3, -0.25) is 9.59 Å². The van der Waals surface area contributed by atoms with Crippen molar-refractivity contribution in [2.24, 2.45) is 0 Å². The first kappa shape index (κ1) is 29.7. The number of hydrogen-bond donors (Lipinski definition) is 1. The van der Waals surface area contributed by atoms with Crippen molar-refractivity contribution in [3.63, 3.8) is 0 Å². The van der Waals surface area contributed by atoms with Crippen LogP contribution in [-0.4, -0.2) is 82.0 Å². The number of thioether (sulfide) groups is 2. The fourth-order valence-corrected chi connectivity index (χ4v) is 5.98. The first-order chi connectivity index (χ1) is 16.3. The zero-order valence-electron chi connectivity index (χ0n) is 19.1. The molecule has 0 saturated carbocycles. The third kappa shape index (κ3) is 9.83. The van der Waals surface area contributed by atoms with Crippen LogP contribution in [-0.2, 0) is 9.59 Å². The number of aliphatic carboxylic acids is 1. The predicted molar refractivity (Wildman–Crippen MR) is 152 cm³/mol. The Hall–Kier alpha value is -1.48. The second-order valence-electron chi connectivity index (χ2n) is 7.83. The van der Waals surface area contributed by atoms with E-state index < -0.39 is 5.97 Å². The molecule has 0 spiro atoms. The summed E-state index contributed by atoms with van der Waals surface area (Å²) in [7, 11) is 3.50. The molecule has 1 atom stereocenters. The summed E-state index contributed by atoms with van der Waals surface area (Å²) in [6.07, 6.45) is 4.54. The summed E-state index contributed by atoms with van der Waals surface area (Å²) in [6, 6.07) is 17.8. The van der Waals surface area contributed by atoms with Crippen LogP contribution in [0.2, 0.25) is 5.02 Å². The second-order valence-corrected chi connectivity index (χ2v) is 11.0. The monoisotopic (exact) mass is 538 g/mol. The summed E-state index contributed by atoms with van der Waals surface area (Å²) in [5, 5.41) is 10.7. The van der Waals surface area contributed by atoms with Gasteiger partial charge in [-0.1, -0.05) is 48.0 Å². The number of carboxylic acids is 1. The topological polar surface area (TPSA) is 70.5 Å². The Morgan fingerprint density at radius 1 is 1.03 bits per heavy atom. The predicted octanol–water partition coefficient (Wildman–Crippen LogP) is 5.83. The fraction of sp³-hybridized carbons (Fsp3) is 0.269. The Morgan fingerprint density at radius 3 is 2.46 bits per heavy atom. The Morgan fingerprint density at radius 2 is 1.74 bits per heavy atom. The molecule has 0 aliphatic heterocycles. The first-order valence-electron chi connectivity index (χ1n) is 10.8. The van der Waals surface area contributed by atoms with Crippen LogP contribution in [0.15, 0.2) is 54.6 Å². The van der Waals surface area contributed by atoms with E-state index in [0.717, 1.165) is 27.7 Å².